The first kappa shape index (κ1) is 21.1. The van der Waals surface area contributed by atoms with E-state index in [0.29, 0.717) is 23.4 Å². The standard InChI is InChI=1S/C24H27FN4O2/c1-27(20-9-7-13-28(17-20)15-18-8-3-4-10-21(18)25)24(30)19-14-26-29(16-19)22-11-5-6-12-23(22)31-2/h3-6,8,10-12,14,16,20H,7,9,13,15,17H2,1-2H3/t20-/m0/s1. The van der Waals surface area contributed by atoms with E-state index in [-0.39, 0.29) is 17.8 Å². The molecule has 1 fully saturated rings. The van der Waals surface area contributed by atoms with Gasteiger partial charge in [0.1, 0.15) is 17.3 Å². The van der Waals surface area contributed by atoms with Crippen LogP contribution in [0.15, 0.2) is 60.9 Å². The molecule has 7 heteroatoms. The zero-order valence-electron chi connectivity index (χ0n) is 17.9. The maximum absolute atomic E-state index is 14.0. The Kier molecular flexibility index (Phi) is 6.32. The van der Waals surface area contributed by atoms with Crippen molar-refractivity contribution in [2.75, 3.05) is 27.2 Å². The fourth-order valence-electron chi connectivity index (χ4n) is 4.11. The van der Waals surface area contributed by atoms with Crippen LogP contribution in [0.5, 0.6) is 5.75 Å². The van der Waals surface area contributed by atoms with Gasteiger partial charge in [-0.15, -0.1) is 0 Å². The summed E-state index contributed by atoms with van der Waals surface area (Å²) in [5.74, 6) is 0.436. The van der Waals surface area contributed by atoms with Gasteiger partial charge in [-0.3, -0.25) is 9.69 Å². The van der Waals surface area contributed by atoms with Crippen LogP contribution in [0.2, 0.25) is 0 Å². The Balaban J connectivity index is 1.44. The third-order valence-corrected chi connectivity index (χ3v) is 5.86. The fraction of sp³-hybridized carbons (Fsp3) is 0.333. The van der Waals surface area contributed by atoms with Gasteiger partial charge >= 0.3 is 0 Å². The molecule has 0 radical (unpaired) electrons. The number of hydrogen-bond donors (Lipinski definition) is 0. The molecular formula is C24H27FN4O2. The number of amides is 1. The first-order valence-corrected chi connectivity index (χ1v) is 10.5. The van der Waals surface area contributed by atoms with E-state index in [2.05, 4.69) is 10.00 Å². The molecule has 1 aromatic heterocycles. The number of benzene rings is 2. The lowest BCUT2D eigenvalue weighted by atomic mass is 10.0. The predicted octanol–water partition coefficient (Wildman–Crippen LogP) is 3.76. The molecule has 2 aromatic carbocycles. The Morgan fingerprint density at radius 1 is 1.23 bits per heavy atom. The molecule has 1 amide bonds. The summed E-state index contributed by atoms with van der Waals surface area (Å²) in [7, 11) is 3.44. The number of halogens is 1. The summed E-state index contributed by atoms with van der Waals surface area (Å²) in [5, 5.41) is 4.36. The minimum Gasteiger partial charge on any atom is -0.494 e. The van der Waals surface area contributed by atoms with Gasteiger partial charge < -0.3 is 9.64 Å². The van der Waals surface area contributed by atoms with E-state index < -0.39 is 0 Å². The van der Waals surface area contributed by atoms with Gasteiger partial charge in [-0.05, 0) is 37.6 Å². The molecule has 0 bridgehead atoms. The summed E-state index contributed by atoms with van der Waals surface area (Å²) < 4.78 is 21.1. The first-order chi connectivity index (χ1) is 15.1. The molecule has 0 N–H and O–H groups in total. The molecule has 31 heavy (non-hydrogen) atoms. The number of piperidine rings is 1. The fourth-order valence-corrected chi connectivity index (χ4v) is 4.11. The van der Waals surface area contributed by atoms with Gasteiger partial charge in [0.15, 0.2) is 0 Å². The van der Waals surface area contributed by atoms with Crippen molar-refractivity contribution >= 4 is 5.91 Å². The Hall–Kier alpha value is -3.19. The number of carbonyl (C=O) groups excluding carboxylic acids is 1. The summed E-state index contributed by atoms with van der Waals surface area (Å²) in [6.45, 7) is 2.17. The Labute approximate surface area is 181 Å². The second kappa shape index (κ2) is 9.31. The van der Waals surface area contributed by atoms with Gasteiger partial charge in [0.05, 0.1) is 18.9 Å². The summed E-state index contributed by atoms with van der Waals surface area (Å²) in [4.78, 5) is 17.1. The third-order valence-electron chi connectivity index (χ3n) is 5.86. The highest BCUT2D eigenvalue weighted by Crippen LogP contribution is 2.23. The number of ether oxygens (including phenoxy) is 1. The lowest BCUT2D eigenvalue weighted by Crippen LogP contribution is -2.48. The van der Waals surface area contributed by atoms with E-state index in [4.69, 9.17) is 4.74 Å². The second-order valence-corrected chi connectivity index (χ2v) is 7.88. The molecule has 0 saturated carbocycles. The average Bonchev–Trinajstić information content (AvgIpc) is 3.30. The third kappa shape index (κ3) is 4.61. The van der Waals surface area contributed by atoms with Crippen LogP contribution in [0.1, 0.15) is 28.8 Å². The number of likely N-dealkylation sites (N-methyl/N-ethyl adjacent to an activating group) is 1. The molecule has 0 spiro atoms. The van der Waals surface area contributed by atoms with Gasteiger partial charge in [-0.2, -0.15) is 5.10 Å². The van der Waals surface area contributed by atoms with Crippen molar-refractivity contribution in [3.63, 3.8) is 0 Å². The molecule has 4 rings (SSSR count). The van der Waals surface area contributed by atoms with Crippen LogP contribution in [0.3, 0.4) is 0 Å². The van der Waals surface area contributed by atoms with Crippen molar-refractivity contribution in [1.82, 2.24) is 19.6 Å². The van der Waals surface area contributed by atoms with E-state index in [9.17, 15) is 9.18 Å². The number of methoxy groups -OCH3 is 1. The number of rotatable bonds is 6. The Morgan fingerprint density at radius 3 is 2.81 bits per heavy atom. The molecule has 1 saturated heterocycles. The zero-order chi connectivity index (χ0) is 21.8. The van der Waals surface area contributed by atoms with Gasteiger partial charge in [-0.1, -0.05) is 30.3 Å². The van der Waals surface area contributed by atoms with E-state index in [1.54, 1.807) is 35.2 Å². The summed E-state index contributed by atoms with van der Waals surface area (Å²) in [5.41, 5.74) is 2.00. The van der Waals surface area contributed by atoms with Crippen molar-refractivity contribution in [2.24, 2.45) is 0 Å². The molecule has 2 heterocycles. The van der Waals surface area contributed by atoms with E-state index >= 15 is 0 Å². The normalized spacial score (nSPS) is 16.8. The van der Waals surface area contributed by atoms with Crippen LogP contribution in [0.25, 0.3) is 5.69 Å². The average molecular weight is 423 g/mol. The van der Waals surface area contributed by atoms with E-state index in [0.717, 1.165) is 31.6 Å². The number of hydrogen-bond acceptors (Lipinski definition) is 4. The van der Waals surface area contributed by atoms with Crippen LogP contribution in [0.4, 0.5) is 4.39 Å². The predicted molar refractivity (Wildman–Crippen MR) is 117 cm³/mol. The second-order valence-electron chi connectivity index (χ2n) is 7.88. The van der Waals surface area contributed by atoms with E-state index in [1.165, 1.54) is 6.07 Å². The molecule has 3 aromatic rings. The smallest absolute Gasteiger partial charge is 0.257 e. The topological polar surface area (TPSA) is 50.6 Å². The highest BCUT2D eigenvalue weighted by atomic mass is 19.1. The maximum Gasteiger partial charge on any atom is 0.257 e. The Bertz CT molecular complexity index is 1050. The molecule has 0 unspecified atom stereocenters. The minimum atomic E-state index is -0.183. The van der Waals surface area contributed by atoms with Crippen molar-refractivity contribution in [1.29, 1.82) is 0 Å². The van der Waals surface area contributed by atoms with Crippen LogP contribution in [0, 0.1) is 5.82 Å². The SMILES string of the molecule is COc1ccccc1-n1cc(C(=O)N(C)[C@H]2CCCN(Cc3ccccc3F)C2)cn1. The number of nitrogens with zero attached hydrogens (tertiary/aromatic N) is 4. The van der Waals surface area contributed by atoms with Crippen LogP contribution >= 0.6 is 0 Å². The number of carbonyl (C=O) groups is 1. The molecule has 1 aliphatic rings. The largest absolute Gasteiger partial charge is 0.494 e. The van der Waals surface area contributed by atoms with Crippen molar-refractivity contribution < 1.29 is 13.9 Å². The van der Waals surface area contributed by atoms with Crippen LogP contribution in [-0.2, 0) is 6.54 Å². The molecule has 6 nitrogen and oxygen atoms in total. The molecule has 0 aliphatic carbocycles. The quantitative estimate of drug-likeness (QED) is 0.607. The van der Waals surface area contributed by atoms with Crippen molar-refractivity contribution in [3.8, 4) is 11.4 Å². The van der Waals surface area contributed by atoms with Crippen LogP contribution in [-0.4, -0.2) is 58.8 Å². The number of aromatic nitrogens is 2. The van der Waals surface area contributed by atoms with Gasteiger partial charge in [-0.25, -0.2) is 9.07 Å². The Morgan fingerprint density at radius 2 is 2.00 bits per heavy atom. The first-order valence-electron chi connectivity index (χ1n) is 10.5. The molecule has 162 valence electrons. The number of likely N-dealkylation sites (tertiary alicyclic amines) is 1. The van der Waals surface area contributed by atoms with Gasteiger partial charge in [0.2, 0.25) is 0 Å². The highest BCUT2D eigenvalue weighted by molar-refractivity contribution is 5.93. The van der Waals surface area contributed by atoms with Crippen LogP contribution < -0.4 is 4.74 Å². The zero-order valence-corrected chi connectivity index (χ0v) is 17.9. The van der Waals surface area contributed by atoms with Crippen molar-refractivity contribution in [3.05, 3.63) is 77.9 Å². The molecular weight excluding hydrogens is 395 g/mol. The molecule has 1 atom stereocenters. The van der Waals surface area contributed by atoms with E-state index in [1.807, 2.05) is 43.4 Å². The van der Waals surface area contributed by atoms with Crippen molar-refractivity contribution in [2.45, 2.75) is 25.4 Å². The number of para-hydroxylation sites is 2. The highest BCUT2D eigenvalue weighted by Gasteiger charge is 2.28. The lowest BCUT2D eigenvalue weighted by molar-refractivity contribution is 0.0608. The van der Waals surface area contributed by atoms with Gasteiger partial charge in [0, 0.05) is 37.9 Å². The van der Waals surface area contributed by atoms with Gasteiger partial charge in [0.25, 0.3) is 5.91 Å². The maximum atomic E-state index is 14.0. The minimum absolute atomic E-state index is 0.0705. The lowest BCUT2D eigenvalue weighted by Gasteiger charge is -2.37. The summed E-state index contributed by atoms with van der Waals surface area (Å²) in [6, 6.07) is 14.5. The molecule has 1 aliphatic heterocycles. The monoisotopic (exact) mass is 422 g/mol. The summed E-state index contributed by atoms with van der Waals surface area (Å²) >= 11 is 0. The summed E-state index contributed by atoms with van der Waals surface area (Å²) in [6.07, 6.45) is 5.22.